The summed E-state index contributed by atoms with van der Waals surface area (Å²) in [5.41, 5.74) is 5.82. The summed E-state index contributed by atoms with van der Waals surface area (Å²) in [6, 6.07) is 39.2. The first kappa shape index (κ1) is 27.5. The van der Waals surface area contributed by atoms with Crippen LogP contribution in [0.2, 0.25) is 5.54 Å². The van der Waals surface area contributed by atoms with Gasteiger partial charge in [0.1, 0.15) is 0 Å². The zero-order chi connectivity index (χ0) is 29.5. The fourth-order valence-corrected chi connectivity index (χ4v) is 15.4. The van der Waals surface area contributed by atoms with Gasteiger partial charge in [0.2, 0.25) is 0 Å². The second-order valence-corrected chi connectivity index (χ2v) is 17.6. The van der Waals surface area contributed by atoms with E-state index in [0.717, 1.165) is 25.0 Å². The van der Waals surface area contributed by atoms with Crippen molar-refractivity contribution >= 4 is 62.6 Å². The number of rotatable bonds is 6. The SMILES string of the molecule is CC1CC=CC=C1n1c2ccccc2c2cc([Si](C3=CC=CCC3)(c3ccccc3)C3C=C(c4ccccc4)SC3)ccc21. The van der Waals surface area contributed by atoms with E-state index in [4.69, 9.17) is 0 Å². The van der Waals surface area contributed by atoms with Crippen LogP contribution >= 0.6 is 11.8 Å². The molecule has 3 atom stereocenters. The van der Waals surface area contributed by atoms with Crippen LogP contribution in [0.25, 0.3) is 32.4 Å². The smallest absolute Gasteiger partial charge is 0.151 e. The van der Waals surface area contributed by atoms with Gasteiger partial charge in [0, 0.05) is 33.0 Å². The molecule has 3 aliphatic rings. The zero-order valence-electron chi connectivity index (χ0n) is 25.2. The van der Waals surface area contributed by atoms with Crippen LogP contribution in [-0.4, -0.2) is 18.4 Å². The van der Waals surface area contributed by atoms with Crippen molar-refractivity contribution in [3.8, 4) is 0 Å². The molecule has 2 aliphatic carbocycles. The summed E-state index contributed by atoms with van der Waals surface area (Å²) in [7, 11) is -2.46. The van der Waals surface area contributed by atoms with Gasteiger partial charge in [-0.3, -0.25) is 0 Å². The Kier molecular flexibility index (Phi) is 7.16. The number of nitrogens with zero attached hydrogens (tertiary/aromatic N) is 1. The molecule has 0 amide bonds. The van der Waals surface area contributed by atoms with Crippen LogP contribution in [-0.2, 0) is 0 Å². The lowest BCUT2D eigenvalue weighted by atomic mass is 9.98. The van der Waals surface area contributed by atoms with E-state index in [1.165, 1.54) is 48.3 Å². The third kappa shape index (κ3) is 4.45. The molecule has 2 heterocycles. The molecule has 0 saturated heterocycles. The Hall–Kier alpha value is -4.05. The van der Waals surface area contributed by atoms with E-state index in [2.05, 4.69) is 157 Å². The maximum atomic E-state index is 2.65. The molecule has 4 aromatic carbocycles. The van der Waals surface area contributed by atoms with Crippen molar-refractivity contribution in [3.05, 3.63) is 156 Å². The molecular formula is C41H37NSSi. The highest BCUT2D eigenvalue weighted by Gasteiger charge is 2.48. The van der Waals surface area contributed by atoms with Crippen LogP contribution in [0.4, 0.5) is 0 Å². The second-order valence-electron chi connectivity index (χ2n) is 12.4. The molecule has 44 heavy (non-hydrogen) atoms. The Morgan fingerprint density at radius 1 is 0.727 bits per heavy atom. The molecule has 3 unspecified atom stereocenters. The summed E-state index contributed by atoms with van der Waals surface area (Å²) in [5.74, 6) is 1.59. The average Bonchev–Trinajstić information content (AvgIpc) is 3.71. The van der Waals surface area contributed by atoms with Crippen LogP contribution in [0.1, 0.15) is 31.7 Å². The molecule has 0 radical (unpaired) electrons. The monoisotopic (exact) mass is 603 g/mol. The Morgan fingerprint density at radius 2 is 1.48 bits per heavy atom. The lowest BCUT2D eigenvalue weighted by molar-refractivity contribution is 0.725. The Morgan fingerprint density at radius 3 is 2.27 bits per heavy atom. The van der Waals surface area contributed by atoms with E-state index in [1.54, 1.807) is 5.20 Å². The maximum Gasteiger partial charge on any atom is 0.151 e. The predicted molar refractivity (Wildman–Crippen MR) is 195 cm³/mol. The first-order chi connectivity index (χ1) is 21.7. The number of hydrogen-bond acceptors (Lipinski definition) is 1. The lowest BCUT2D eigenvalue weighted by Crippen LogP contribution is -2.63. The molecule has 0 fully saturated rings. The van der Waals surface area contributed by atoms with Crippen LogP contribution in [0.3, 0.4) is 0 Å². The van der Waals surface area contributed by atoms with Gasteiger partial charge < -0.3 is 4.57 Å². The molecule has 0 saturated carbocycles. The van der Waals surface area contributed by atoms with Crippen LogP contribution in [0, 0.1) is 5.92 Å². The van der Waals surface area contributed by atoms with E-state index in [0.29, 0.717) is 11.5 Å². The highest BCUT2D eigenvalue weighted by molar-refractivity contribution is 8.08. The summed E-state index contributed by atoms with van der Waals surface area (Å²) in [6.07, 6.45) is 20.0. The Bertz CT molecular complexity index is 2010. The number of aromatic nitrogens is 1. The molecule has 3 heteroatoms. The third-order valence-corrected chi connectivity index (χ3v) is 16.8. The van der Waals surface area contributed by atoms with Crippen molar-refractivity contribution in [1.29, 1.82) is 0 Å². The van der Waals surface area contributed by atoms with E-state index >= 15 is 0 Å². The third-order valence-electron chi connectivity index (χ3n) is 9.92. The van der Waals surface area contributed by atoms with Crippen LogP contribution in [0.5, 0.6) is 0 Å². The first-order valence-electron chi connectivity index (χ1n) is 16.0. The number of hydrogen-bond donors (Lipinski definition) is 0. The van der Waals surface area contributed by atoms with Crippen molar-refractivity contribution < 1.29 is 0 Å². The number of thioether (sulfide) groups is 1. The minimum atomic E-state index is -2.46. The van der Waals surface area contributed by atoms with E-state index < -0.39 is 8.07 Å². The quantitative estimate of drug-likeness (QED) is 0.175. The number of benzene rings is 4. The van der Waals surface area contributed by atoms with Crippen LogP contribution < -0.4 is 10.4 Å². The zero-order valence-corrected chi connectivity index (χ0v) is 27.0. The van der Waals surface area contributed by atoms with Gasteiger partial charge >= 0.3 is 0 Å². The van der Waals surface area contributed by atoms with Crippen molar-refractivity contribution in [3.63, 3.8) is 0 Å². The molecule has 216 valence electrons. The second kappa shape index (κ2) is 11.5. The summed E-state index contributed by atoms with van der Waals surface area (Å²) >= 11 is 2.05. The fourth-order valence-electron chi connectivity index (χ4n) is 7.85. The molecule has 1 nitrogen and oxygen atoms in total. The molecule has 5 aromatic rings. The Labute approximate surface area is 266 Å². The van der Waals surface area contributed by atoms with E-state index in [-0.39, 0.29) is 0 Å². The van der Waals surface area contributed by atoms with Gasteiger partial charge in [-0.05, 0) is 58.9 Å². The lowest BCUT2D eigenvalue weighted by Gasteiger charge is -2.40. The van der Waals surface area contributed by atoms with Gasteiger partial charge in [-0.1, -0.05) is 140 Å². The minimum absolute atomic E-state index is 0.458. The molecule has 1 aliphatic heterocycles. The minimum Gasteiger partial charge on any atom is -0.313 e. The number of para-hydroxylation sites is 1. The predicted octanol–water partition coefficient (Wildman–Crippen LogP) is 9.77. The summed E-state index contributed by atoms with van der Waals surface area (Å²) < 4.78 is 2.54. The van der Waals surface area contributed by atoms with E-state index in [1.807, 2.05) is 11.8 Å². The standard InChI is InChI=1S/C41H37NSSi/c1-30-15-11-13-23-38(30)42-39-24-14-12-22-36(39)37-27-34(25-26-40(37)42)44(32-18-7-3-8-19-32,33-20-9-4-10-21-33)35-28-41(43-29-35)31-16-5-2-6-17-31/h2-9,11-14,16-20,22-28,30,35H,10,15,21,29H2,1H3. The van der Waals surface area contributed by atoms with Crippen molar-refractivity contribution in [2.75, 3.05) is 5.75 Å². The van der Waals surface area contributed by atoms with Gasteiger partial charge in [0.15, 0.2) is 8.07 Å². The van der Waals surface area contributed by atoms with Gasteiger partial charge in [0.25, 0.3) is 0 Å². The van der Waals surface area contributed by atoms with E-state index in [9.17, 15) is 0 Å². The largest absolute Gasteiger partial charge is 0.313 e. The van der Waals surface area contributed by atoms with Crippen LogP contribution in [0.15, 0.2) is 151 Å². The first-order valence-corrected chi connectivity index (χ1v) is 19.0. The number of fused-ring (bicyclic) bond motifs is 3. The molecular weight excluding hydrogens is 567 g/mol. The highest BCUT2D eigenvalue weighted by atomic mass is 32.2. The van der Waals surface area contributed by atoms with Gasteiger partial charge in [-0.15, -0.1) is 11.8 Å². The normalized spacial score (nSPS) is 21.2. The van der Waals surface area contributed by atoms with Gasteiger partial charge in [0.05, 0.1) is 11.0 Å². The summed E-state index contributed by atoms with van der Waals surface area (Å²) in [6.45, 7) is 2.36. The van der Waals surface area contributed by atoms with Crippen molar-refractivity contribution in [2.45, 2.75) is 31.7 Å². The molecule has 0 bridgehead atoms. The van der Waals surface area contributed by atoms with Gasteiger partial charge in [-0.25, -0.2) is 0 Å². The molecule has 0 spiro atoms. The maximum absolute atomic E-state index is 2.65. The Balaban J connectivity index is 1.41. The molecule has 8 rings (SSSR count). The fraction of sp³-hybridized carbons (Fsp3) is 0.171. The van der Waals surface area contributed by atoms with Crippen molar-refractivity contribution in [1.82, 2.24) is 4.57 Å². The summed E-state index contributed by atoms with van der Waals surface area (Å²) in [5, 5.41) is 7.43. The molecule has 0 N–H and O–H groups in total. The summed E-state index contributed by atoms with van der Waals surface area (Å²) in [4.78, 5) is 1.43. The molecule has 1 aromatic heterocycles. The highest BCUT2D eigenvalue weighted by Crippen LogP contribution is 2.47. The van der Waals surface area contributed by atoms with Crippen molar-refractivity contribution in [2.24, 2.45) is 5.92 Å². The van der Waals surface area contributed by atoms with Gasteiger partial charge in [-0.2, -0.15) is 0 Å². The topological polar surface area (TPSA) is 4.93 Å². The number of allylic oxidation sites excluding steroid dienone is 9. The average molecular weight is 604 g/mol.